The highest BCUT2D eigenvalue weighted by molar-refractivity contribution is 6.30. The summed E-state index contributed by atoms with van der Waals surface area (Å²) in [4.78, 5) is 47.8. The Balaban J connectivity index is 1.71. The summed E-state index contributed by atoms with van der Waals surface area (Å²) in [5.74, 6) is -0.874. The van der Waals surface area contributed by atoms with E-state index in [0.29, 0.717) is 23.5 Å². The zero-order valence-corrected chi connectivity index (χ0v) is 19.4. The predicted molar refractivity (Wildman–Crippen MR) is 128 cm³/mol. The number of azide groups is 1. The molecule has 3 aromatic rings. The maximum atomic E-state index is 13.3. The second-order valence-electron chi connectivity index (χ2n) is 8.93. The van der Waals surface area contributed by atoms with Crippen LogP contribution in [0.5, 0.6) is 0 Å². The molecule has 2 amide bonds. The molecule has 1 fully saturated rings. The van der Waals surface area contributed by atoms with E-state index in [2.05, 4.69) is 34.2 Å². The summed E-state index contributed by atoms with van der Waals surface area (Å²) in [6.07, 6.45) is 1.39. The molecular weight excluding hydrogens is 458 g/mol. The zero-order chi connectivity index (χ0) is 24.5. The van der Waals surface area contributed by atoms with Gasteiger partial charge >= 0.3 is 0 Å². The lowest BCUT2D eigenvalue weighted by Gasteiger charge is -2.45. The van der Waals surface area contributed by atoms with E-state index in [4.69, 9.17) is 17.1 Å². The van der Waals surface area contributed by atoms with E-state index in [9.17, 15) is 14.4 Å². The summed E-state index contributed by atoms with van der Waals surface area (Å²) in [6, 6.07) is 9.75. The average Bonchev–Trinajstić information content (AvgIpc) is 2.78. The first-order valence-corrected chi connectivity index (χ1v) is 10.9. The fourth-order valence-corrected chi connectivity index (χ4v) is 4.10. The molecule has 1 aliphatic rings. The first kappa shape index (κ1) is 23.3. The Morgan fingerprint density at radius 2 is 1.94 bits per heavy atom. The Hall–Kier alpha value is -3.88. The highest BCUT2D eigenvalue weighted by Gasteiger charge is 2.37. The first-order chi connectivity index (χ1) is 16.2. The molecule has 34 heavy (non-hydrogen) atoms. The standard InChI is InChI=1S/C23H22ClN7O3/c1-23(2)12-30(13-23)19(32)11-31-20-16(18(28-29-25)7-8-26-20)9-17(22(31)34)21(33)27-10-14-3-5-15(24)6-4-14/h3-9H,10-13H2,1-2H3,(H,27,33). The first-order valence-electron chi connectivity index (χ1n) is 10.6. The van der Waals surface area contributed by atoms with Gasteiger partial charge in [-0.15, -0.1) is 0 Å². The van der Waals surface area contributed by atoms with Crippen molar-refractivity contribution < 1.29 is 9.59 Å². The number of nitrogens with one attached hydrogen (secondary N) is 1. The fourth-order valence-electron chi connectivity index (χ4n) is 3.98. The van der Waals surface area contributed by atoms with Crippen LogP contribution in [0.4, 0.5) is 5.69 Å². The van der Waals surface area contributed by atoms with Gasteiger partial charge in [-0.1, -0.05) is 42.7 Å². The van der Waals surface area contributed by atoms with Gasteiger partial charge in [0.05, 0.1) is 0 Å². The van der Waals surface area contributed by atoms with E-state index in [-0.39, 0.29) is 41.3 Å². The van der Waals surface area contributed by atoms with Crippen molar-refractivity contribution in [3.63, 3.8) is 0 Å². The van der Waals surface area contributed by atoms with Crippen LogP contribution in [0.25, 0.3) is 21.5 Å². The molecule has 11 heteroatoms. The van der Waals surface area contributed by atoms with Crippen molar-refractivity contribution >= 4 is 40.1 Å². The number of fused-ring (bicyclic) bond motifs is 1. The number of benzene rings is 1. The van der Waals surface area contributed by atoms with Gasteiger partial charge in [0.1, 0.15) is 17.8 Å². The van der Waals surface area contributed by atoms with Gasteiger partial charge in [-0.2, -0.15) is 0 Å². The van der Waals surface area contributed by atoms with Crippen molar-refractivity contribution in [1.29, 1.82) is 0 Å². The van der Waals surface area contributed by atoms with E-state index in [1.54, 1.807) is 29.2 Å². The smallest absolute Gasteiger partial charge is 0.265 e. The number of pyridine rings is 2. The molecule has 0 spiro atoms. The summed E-state index contributed by atoms with van der Waals surface area (Å²) in [5, 5.41) is 7.24. The van der Waals surface area contributed by atoms with Gasteiger partial charge in [-0.25, -0.2) is 4.98 Å². The van der Waals surface area contributed by atoms with Crippen molar-refractivity contribution in [3.05, 3.63) is 79.5 Å². The maximum Gasteiger partial charge on any atom is 0.265 e. The monoisotopic (exact) mass is 479 g/mol. The van der Waals surface area contributed by atoms with Crippen LogP contribution in [0, 0.1) is 5.41 Å². The number of rotatable bonds is 6. The van der Waals surface area contributed by atoms with Gasteiger partial charge in [-0.3, -0.25) is 19.0 Å². The minimum absolute atomic E-state index is 0.0268. The molecule has 1 aromatic carbocycles. The molecule has 1 N–H and O–H groups in total. The molecule has 0 saturated carbocycles. The van der Waals surface area contributed by atoms with Gasteiger partial charge in [-0.05, 0) is 40.8 Å². The van der Waals surface area contributed by atoms with Crippen molar-refractivity contribution in [3.8, 4) is 0 Å². The number of hydrogen-bond acceptors (Lipinski definition) is 5. The van der Waals surface area contributed by atoms with Gasteiger partial charge in [0.25, 0.3) is 11.5 Å². The van der Waals surface area contributed by atoms with Gasteiger partial charge < -0.3 is 10.2 Å². The molecular formula is C23H22ClN7O3. The maximum absolute atomic E-state index is 13.3. The third kappa shape index (κ3) is 4.73. The Morgan fingerprint density at radius 1 is 1.24 bits per heavy atom. The lowest BCUT2D eigenvalue weighted by Crippen LogP contribution is -2.56. The van der Waals surface area contributed by atoms with E-state index in [0.717, 1.165) is 10.1 Å². The van der Waals surface area contributed by atoms with E-state index in [1.165, 1.54) is 18.3 Å². The van der Waals surface area contributed by atoms with E-state index >= 15 is 0 Å². The molecule has 1 saturated heterocycles. The van der Waals surface area contributed by atoms with E-state index in [1.807, 2.05) is 0 Å². The number of hydrogen-bond donors (Lipinski definition) is 1. The summed E-state index contributed by atoms with van der Waals surface area (Å²) in [7, 11) is 0. The number of carbonyl (C=O) groups is 2. The quantitative estimate of drug-likeness (QED) is 0.327. The van der Waals surface area contributed by atoms with Crippen LogP contribution in [0.1, 0.15) is 29.8 Å². The van der Waals surface area contributed by atoms with Crippen molar-refractivity contribution in [2.45, 2.75) is 26.9 Å². The van der Waals surface area contributed by atoms with Crippen LogP contribution >= 0.6 is 11.6 Å². The second-order valence-corrected chi connectivity index (χ2v) is 9.37. The van der Waals surface area contributed by atoms with Crippen molar-refractivity contribution in [2.24, 2.45) is 10.5 Å². The van der Waals surface area contributed by atoms with Crippen LogP contribution in [-0.2, 0) is 17.9 Å². The highest BCUT2D eigenvalue weighted by Crippen LogP contribution is 2.29. The summed E-state index contributed by atoms with van der Waals surface area (Å²) >= 11 is 5.90. The molecule has 4 rings (SSSR count). The third-order valence-electron chi connectivity index (χ3n) is 5.61. The molecule has 0 radical (unpaired) electrons. The number of amides is 2. The number of halogens is 1. The van der Waals surface area contributed by atoms with Gasteiger partial charge in [0.2, 0.25) is 5.91 Å². The van der Waals surface area contributed by atoms with Crippen LogP contribution < -0.4 is 10.9 Å². The molecule has 3 heterocycles. The Labute approximate surface area is 199 Å². The molecule has 2 aromatic heterocycles. The number of nitrogens with zero attached hydrogens (tertiary/aromatic N) is 6. The lowest BCUT2D eigenvalue weighted by molar-refractivity contribution is -0.142. The summed E-state index contributed by atoms with van der Waals surface area (Å²) in [6.45, 7) is 5.16. The second kappa shape index (κ2) is 9.17. The van der Waals surface area contributed by atoms with Crippen molar-refractivity contribution in [1.82, 2.24) is 19.8 Å². The normalized spacial score (nSPS) is 14.3. The lowest BCUT2D eigenvalue weighted by atomic mass is 9.84. The number of aromatic nitrogens is 2. The SMILES string of the molecule is CC1(C)CN(C(=O)Cn2c(=O)c(C(=O)NCc3ccc(Cl)cc3)cc3c(N=[N+]=[N-])ccnc32)C1. The minimum atomic E-state index is -0.653. The molecule has 1 aliphatic heterocycles. The molecule has 0 bridgehead atoms. The molecule has 0 aliphatic carbocycles. The van der Waals surface area contributed by atoms with Crippen LogP contribution in [0.2, 0.25) is 5.02 Å². The van der Waals surface area contributed by atoms with Crippen LogP contribution in [-0.4, -0.2) is 39.4 Å². The Morgan fingerprint density at radius 3 is 2.59 bits per heavy atom. The summed E-state index contributed by atoms with van der Waals surface area (Å²) in [5.41, 5.74) is 9.29. The average molecular weight is 480 g/mol. The molecule has 10 nitrogen and oxygen atoms in total. The molecule has 174 valence electrons. The summed E-state index contributed by atoms with van der Waals surface area (Å²) < 4.78 is 1.16. The molecule has 0 atom stereocenters. The van der Waals surface area contributed by atoms with Crippen molar-refractivity contribution in [2.75, 3.05) is 13.1 Å². The largest absolute Gasteiger partial charge is 0.348 e. The minimum Gasteiger partial charge on any atom is -0.348 e. The Bertz CT molecular complexity index is 1380. The molecule has 0 unspecified atom stereocenters. The highest BCUT2D eigenvalue weighted by atomic mass is 35.5. The number of likely N-dealkylation sites (tertiary alicyclic amines) is 1. The number of carbonyl (C=O) groups excluding carboxylic acids is 2. The van der Waals surface area contributed by atoms with Crippen LogP contribution in [0.3, 0.4) is 0 Å². The topological polar surface area (TPSA) is 133 Å². The van der Waals surface area contributed by atoms with E-state index < -0.39 is 11.5 Å². The predicted octanol–water partition coefficient (Wildman–Crippen LogP) is 3.79. The van der Waals surface area contributed by atoms with Crippen LogP contribution in [0.15, 0.2) is 52.5 Å². The Kier molecular flexibility index (Phi) is 6.28. The third-order valence-corrected chi connectivity index (χ3v) is 5.87. The van der Waals surface area contributed by atoms with Gasteiger partial charge in [0, 0.05) is 46.8 Å². The zero-order valence-electron chi connectivity index (χ0n) is 18.7. The fraction of sp³-hybridized carbons (Fsp3) is 0.304. The van der Waals surface area contributed by atoms with Gasteiger partial charge in [0.15, 0.2) is 0 Å².